The van der Waals surface area contributed by atoms with Gasteiger partial charge in [0.05, 0.1) is 24.5 Å². The number of morpholine rings is 1. The monoisotopic (exact) mass is 423 g/mol. The van der Waals surface area contributed by atoms with Crippen LogP contribution in [0.15, 0.2) is 36.5 Å². The quantitative estimate of drug-likeness (QED) is 0.649. The van der Waals surface area contributed by atoms with E-state index in [4.69, 9.17) is 4.74 Å². The highest BCUT2D eigenvalue weighted by Gasteiger charge is 2.36. The van der Waals surface area contributed by atoms with Crippen LogP contribution in [0.4, 0.5) is 17.6 Å². The number of hydrogen-bond acceptors (Lipinski definition) is 4. The number of aromatic carboxylic acids is 1. The molecule has 0 unspecified atom stereocenters. The van der Waals surface area contributed by atoms with Crippen molar-refractivity contribution >= 4 is 11.6 Å². The van der Waals surface area contributed by atoms with E-state index in [0.29, 0.717) is 26.3 Å². The zero-order valence-corrected chi connectivity index (χ0v) is 15.6. The molecule has 2 aromatic heterocycles. The van der Waals surface area contributed by atoms with Crippen molar-refractivity contribution in [2.75, 3.05) is 26.3 Å². The summed E-state index contributed by atoms with van der Waals surface area (Å²) in [5.41, 5.74) is -1.55. The first-order valence-electron chi connectivity index (χ1n) is 9.15. The number of carboxylic acids is 1. The van der Waals surface area contributed by atoms with Crippen molar-refractivity contribution in [1.29, 1.82) is 0 Å². The normalized spacial score (nSPS) is 15.6. The maximum atomic E-state index is 13.8. The van der Waals surface area contributed by atoms with Crippen LogP contribution in [0, 0.1) is 5.82 Å². The lowest BCUT2D eigenvalue weighted by Crippen LogP contribution is -2.36. The number of imidazole rings is 1. The van der Waals surface area contributed by atoms with E-state index in [1.807, 2.05) is 4.90 Å². The average molecular weight is 423 g/mol. The third kappa shape index (κ3) is 3.88. The Bertz CT molecular complexity index is 1100. The zero-order chi connectivity index (χ0) is 21.5. The van der Waals surface area contributed by atoms with E-state index in [1.165, 1.54) is 24.4 Å². The molecule has 3 aromatic rings. The molecule has 1 aliphatic heterocycles. The summed E-state index contributed by atoms with van der Waals surface area (Å²) in [7, 11) is 0. The SMILES string of the molecule is O=C(O)c1nc2c(C(F)(F)F)cc(-c3cccc(F)c3)cn2c1CN1CCOCC1. The van der Waals surface area contributed by atoms with Crippen LogP contribution in [0.1, 0.15) is 21.7 Å². The van der Waals surface area contributed by atoms with E-state index in [2.05, 4.69) is 4.98 Å². The molecule has 4 rings (SSSR count). The molecule has 1 N–H and O–H groups in total. The molecule has 3 heterocycles. The molecule has 0 atom stereocenters. The molecule has 0 saturated carbocycles. The molecule has 1 fully saturated rings. The number of alkyl halides is 3. The van der Waals surface area contributed by atoms with Crippen LogP contribution >= 0.6 is 0 Å². The molecule has 10 heteroatoms. The number of hydrogen-bond donors (Lipinski definition) is 1. The number of pyridine rings is 1. The van der Waals surface area contributed by atoms with Crippen molar-refractivity contribution in [3.63, 3.8) is 0 Å². The lowest BCUT2D eigenvalue weighted by atomic mass is 10.1. The third-order valence-electron chi connectivity index (χ3n) is 4.96. The van der Waals surface area contributed by atoms with Crippen LogP contribution in [0.25, 0.3) is 16.8 Å². The Hall–Kier alpha value is -2.98. The van der Waals surface area contributed by atoms with Crippen molar-refractivity contribution in [1.82, 2.24) is 14.3 Å². The van der Waals surface area contributed by atoms with E-state index in [9.17, 15) is 27.5 Å². The van der Waals surface area contributed by atoms with Gasteiger partial charge in [0.2, 0.25) is 0 Å². The van der Waals surface area contributed by atoms with Gasteiger partial charge in [0.25, 0.3) is 0 Å². The summed E-state index contributed by atoms with van der Waals surface area (Å²) >= 11 is 0. The zero-order valence-electron chi connectivity index (χ0n) is 15.6. The van der Waals surface area contributed by atoms with Crippen molar-refractivity contribution in [2.24, 2.45) is 0 Å². The topological polar surface area (TPSA) is 67.1 Å². The molecule has 0 aliphatic carbocycles. The molecule has 1 aromatic carbocycles. The van der Waals surface area contributed by atoms with E-state index < -0.39 is 34.9 Å². The Balaban J connectivity index is 1.95. The fraction of sp³-hybridized carbons (Fsp3) is 0.300. The number of aromatic nitrogens is 2. The fourth-order valence-electron chi connectivity index (χ4n) is 3.52. The lowest BCUT2D eigenvalue weighted by Gasteiger charge is -2.26. The summed E-state index contributed by atoms with van der Waals surface area (Å²) < 4.78 is 61.5. The van der Waals surface area contributed by atoms with Crippen LogP contribution in [-0.2, 0) is 17.5 Å². The van der Waals surface area contributed by atoms with Gasteiger partial charge in [-0.3, -0.25) is 4.90 Å². The van der Waals surface area contributed by atoms with Gasteiger partial charge in [-0.25, -0.2) is 14.2 Å². The van der Waals surface area contributed by atoms with Crippen molar-refractivity contribution in [3.05, 3.63) is 59.3 Å². The Morgan fingerprint density at radius 2 is 1.90 bits per heavy atom. The van der Waals surface area contributed by atoms with Gasteiger partial charge in [0.1, 0.15) is 11.5 Å². The van der Waals surface area contributed by atoms with E-state index in [0.717, 1.165) is 16.5 Å². The van der Waals surface area contributed by atoms with Gasteiger partial charge in [-0.15, -0.1) is 0 Å². The number of ether oxygens (including phenoxy) is 1. The minimum Gasteiger partial charge on any atom is -0.476 e. The minimum absolute atomic E-state index is 0.0933. The molecule has 30 heavy (non-hydrogen) atoms. The highest BCUT2D eigenvalue weighted by Crippen LogP contribution is 2.36. The van der Waals surface area contributed by atoms with Gasteiger partial charge < -0.3 is 14.2 Å². The fourth-order valence-corrected chi connectivity index (χ4v) is 3.52. The summed E-state index contributed by atoms with van der Waals surface area (Å²) in [4.78, 5) is 17.4. The number of fused-ring (bicyclic) bond motifs is 1. The highest BCUT2D eigenvalue weighted by molar-refractivity contribution is 5.88. The highest BCUT2D eigenvalue weighted by atomic mass is 19.4. The van der Waals surface area contributed by atoms with E-state index in [1.54, 1.807) is 0 Å². The first-order valence-corrected chi connectivity index (χ1v) is 9.15. The molecular formula is C20H17F4N3O3. The maximum Gasteiger partial charge on any atom is 0.420 e. The number of halogens is 4. The number of rotatable bonds is 4. The number of nitrogens with zero attached hydrogens (tertiary/aromatic N) is 3. The Morgan fingerprint density at radius 1 is 1.17 bits per heavy atom. The second kappa shape index (κ2) is 7.69. The van der Waals surface area contributed by atoms with Crippen LogP contribution in [0.3, 0.4) is 0 Å². The molecule has 1 saturated heterocycles. The van der Waals surface area contributed by atoms with Gasteiger partial charge in [0.15, 0.2) is 5.69 Å². The average Bonchev–Trinajstić information content (AvgIpc) is 3.06. The Morgan fingerprint density at radius 3 is 2.53 bits per heavy atom. The van der Waals surface area contributed by atoms with Gasteiger partial charge >= 0.3 is 12.1 Å². The molecule has 1 aliphatic rings. The predicted octanol–water partition coefficient (Wildman–Crippen LogP) is 3.69. The molecule has 158 valence electrons. The van der Waals surface area contributed by atoms with Gasteiger partial charge in [-0.1, -0.05) is 12.1 Å². The standard InChI is InChI=1S/C20H17F4N3O3/c21-14-3-1-2-12(8-14)13-9-15(20(22,23)24)18-25-17(19(28)29)16(27(18)10-13)11-26-4-6-30-7-5-26/h1-3,8-10H,4-7,11H2,(H,28,29). The molecule has 0 radical (unpaired) electrons. The summed E-state index contributed by atoms with van der Waals surface area (Å²) in [6.45, 7) is 2.02. The number of carboxylic acid groups (broad SMARTS) is 1. The van der Waals surface area contributed by atoms with Crippen LogP contribution in [-0.4, -0.2) is 51.7 Å². The Kier molecular flexibility index (Phi) is 5.20. The number of carbonyl (C=O) groups is 1. The van der Waals surface area contributed by atoms with Crippen LogP contribution in [0.2, 0.25) is 0 Å². The molecule has 6 nitrogen and oxygen atoms in total. The third-order valence-corrected chi connectivity index (χ3v) is 4.96. The van der Waals surface area contributed by atoms with E-state index >= 15 is 0 Å². The van der Waals surface area contributed by atoms with Gasteiger partial charge in [0, 0.05) is 25.8 Å². The van der Waals surface area contributed by atoms with Gasteiger partial charge in [-0.05, 0) is 29.3 Å². The predicted molar refractivity (Wildman–Crippen MR) is 98.6 cm³/mol. The lowest BCUT2D eigenvalue weighted by molar-refractivity contribution is -0.136. The van der Waals surface area contributed by atoms with Crippen molar-refractivity contribution in [3.8, 4) is 11.1 Å². The first kappa shape index (κ1) is 20.3. The summed E-state index contributed by atoms with van der Waals surface area (Å²) in [6.07, 6.45) is -3.41. The van der Waals surface area contributed by atoms with E-state index in [-0.39, 0.29) is 23.4 Å². The number of benzene rings is 1. The summed E-state index contributed by atoms with van der Waals surface area (Å²) in [6, 6.07) is 6.06. The second-order valence-electron chi connectivity index (χ2n) is 6.94. The first-order chi connectivity index (χ1) is 14.2. The van der Waals surface area contributed by atoms with Gasteiger partial charge in [-0.2, -0.15) is 13.2 Å². The molecule has 0 spiro atoms. The summed E-state index contributed by atoms with van der Waals surface area (Å²) in [5, 5.41) is 9.56. The maximum absolute atomic E-state index is 13.8. The Labute approximate surface area is 168 Å². The van der Waals surface area contributed by atoms with Crippen LogP contribution in [0.5, 0.6) is 0 Å². The second-order valence-corrected chi connectivity index (χ2v) is 6.94. The van der Waals surface area contributed by atoms with Crippen LogP contribution < -0.4 is 0 Å². The molecular weight excluding hydrogens is 406 g/mol. The largest absolute Gasteiger partial charge is 0.476 e. The van der Waals surface area contributed by atoms with Crippen molar-refractivity contribution < 1.29 is 32.2 Å². The summed E-state index contributed by atoms with van der Waals surface area (Å²) in [5.74, 6) is -2.01. The smallest absolute Gasteiger partial charge is 0.420 e. The van der Waals surface area contributed by atoms with Crippen molar-refractivity contribution in [2.45, 2.75) is 12.7 Å². The minimum atomic E-state index is -4.78. The molecule has 0 amide bonds. The molecule has 0 bridgehead atoms.